The van der Waals surface area contributed by atoms with Crippen LogP contribution in [0.4, 0.5) is 0 Å². The zero-order chi connectivity index (χ0) is 12.3. The van der Waals surface area contributed by atoms with Crippen molar-refractivity contribution in [2.24, 2.45) is 0 Å². The van der Waals surface area contributed by atoms with Crippen molar-refractivity contribution in [2.45, 2.75) is 38.1 Å². The summed E-state index contributed by atoms with van der Waals surface area (Å²) in [6.45, 7) is 3.54. The first-order chi connectivity index (χ1) is 8.18. The molecule has 0 spiro atoms. The van der Waals surface area contributed by atoms with E-state index in [1.165, 1.54) is 12.8 Å². The number of amides is 1. The number of rotatable bonds is 4. The van der Waals surface area contributed by atoms with Crippen LogP contribution < -0.4 is 0 Å². The predicted octanol–water partition coefficient (Wildman–Crippen LogP) is 0.548. The summed E-state index contributed by atoms with van der Waals surface area (Å²) >= 11 is 0. The molecule has 0 aliphatic carbocycles. The molecule has 0 aromatic heterocycles. The molecule has 2 rings (SSSR count). The van der Waals surface area contributed by atoms with Gasteiger partial charge in [-0.25, -0.2) is 4.79 Å². The fourth-order valence-corrected chi connectivity index (χ4v) is 2.73. The number of likely N-dealkylation sites (tertiary alicyclic amines) is 2. The van der Waals surface area contributed by atoms with Crippen molar-refractivity contribution in [1.29, 1.82) is 0 Å². The van der Waals surface area contributed by atoms with Gasteiger partial charge >= 0.3 is 5.97 Å². The van der Waals surface area contributed by atoms with Crippen LogP contribution in [0.2, 0.25) is 0 Å². The van der Waals surface area contributed by atoms with Gasteiger partial charge in [0.1, 0.15) is 6.04 Å². The highest BCUT2D eigenvalue weighted by Gasteiger charge is 2.33. The minimum absolute atomic E-state index is 0.00167. The Labute approximate surface area is 101 Å². The lowest BCUT2D eigenvalue weighted by atomic mass is 10.2. The Morgan fingerprint density at radius 2 is 1.82 bits per heavy atom. The largest absolute Gasteiger partial charge is 0.480 e. The van der Waals surface area contributed by atoms with Crippen LogP contribution in [0.25, 0.3) is 0 Å². The molecule has 2 aliphatic heterocycles. The van der Waals surface area contributed by atoms with Crippen LogP contribution in [0.15, 0.2) is 0 Å². The Morgan fingerprint density at radius 1 is 1.12 bits per heavy atom. The van der Waals surface area contributed by atoms with Crippen molar-refractivity contribution in [2.75, 3.05) is 26.2 Å². The van der Waals surface area contributed by atoms with Gasteiger partial charge < -0.3 is 14.9 Å². The van der Waals surface area contributed by atoms with Crippen LogP contribution >= 0.6 is 0 Å². The van der Waals surface area contributed by atoms with Crippen molar-refractivity contribution in [1.82, 2.24) is 9.80 Å². The van der Waals surface area contributed by atoms with Gasteiger partial charge in [-0.05, 0) is 38.8 Å². The van der Waals surface area contributed by atoms with E-state index >= 15 is 0 Å². The topological polar surface area (TPSA) is 60.9 Å². The fourth-order valence-electron chi connectivity index (χ4n) is 2.73. The molecule has 96 valence electrons. The standard InChI is InChI=1S/C12H20N2O3/c15-11(5-9-13-6-1-2-7-13)14-8-3-4-10(14)12(16)17/h10H,1-9H2,(H,16,17)/t10-/m0/s1. The third-order valence-electron chi connectivity index (χ3n) is 3.70. The second-order valence-corrected chi connectivity index (χ2v) is 4.88. The van der Waals surface area contributed by atoms with Crippen molar-refractivity contribution in [3.05, 3.63) is 0 Å². The maximum atomic E-state index is 12.0. The molecule has 5 heteroatoms. The highest BCUT2D eigenvalue weighted by molar-refractivity contribution is 5.84. The van der Waals surface area contributed by atoms with E-state index in [1.54, 1.807) is 4.90 Å². The van der Waals surface area contributed by atoms with E-state index in [0.29, 0.717) is 19.4 Å². The van der Waals surface area contributed by atoms with Crippen LogP contribution in [-0.2, 0) is 9.59 Å². The Morgan fingerprint density at radius 3 is 2.47 bits per heavy atom. The molecule has 0 aromatic rings. The molecule has 17 heavy (non-hydrogen) atoms. The molecule has 2 fully saturated rings. The lowest BCUT2D eigenvalue weighted by molar-refractivity contribution is -0.148. The third-order valence-corrected chi connectivity index (χ3v) is 3.70. The van der Waals surface area contributed by atoms with Crippen molar-refractivity contribution in [3.63, 3.8) is 0 Å². The van der Waals surface area contributed by atoms with Gasteiger partial charge in [0.2, 0.25) is 5.91 Å². The summed E-state index contributed by atoms with van der Waals surface area (Å²) < 4.78 is 0. The van der Waals surface area contributed by atoms with Crippen LogP contribution in [-0.4, -0.2) is 59.0 Å². The first-order valence-electron chi connectivity index (χ1n) is 6.43. The molecule has 0 bridgehead atoms. The quantitative estimate of drug-likeness (QED) is 0.779. The molecule has 0 aromatic carbocycles. The van der Waals surface area contributed by atoms with E-state index in [2.05, 4.69) is 4.90 Å². The summed E-state index contributed by atoms with van der Waals surface area (Å²) in [5.74, 6) is -0.862. The zero-order valence-corrected chi connectivity index (χ0v) is 10.1. The smallest absolute Gasteiger partial charge is 0.326 e. The predicted molar refractivity (Wildman–Crippen MR) is 62.7 cm³/mol. The molecule has 1 amide bonds. The molecular formula is C12H20N2O3. The summed E-state index contributed by atoms with van der Waals surface area (Å²) in [5.41, 5.74) is 0. The van der Waals surface area contributed by atoms with Crippen LogP contribution in [0.3, 0.4) is 0 Å². The lowest BCUT2D eigenvalue weighted by Gasteiger charge is -2.23. The number of carbonyl (C=O) groups is 2. The Kier molecular flexibility index (Phi) is 3.99. The summed E-state index contributed by atoms with van der Waals surface area (Å²) in [5, 5.41) is 9.01. The summed E-state index contributed by atoms with van der Waals surface area (Å²) in [7, 11) is 0. The summed E-state index contributed by atoms with van der Waals surface area (Å²) in [4.78, 5) is 26.7. The van der Waals surface area contributed by atoms with E-state index in [1.807, 2.05) is 0 Å². The van der Waals surface area contributed by atoms with Crippen LogP contribution in [0.5, 0.6) is 0 Å². The maximum Gasteiger partial charge on any atom is 0.326 e. The monoisotopic (exact) mass is 240 g/mol. The molecule has 5 nitrogen and oxygen atoms in total. The zero-order valence-electron chi connectivity index (χ0n) is 10.1. The van der Waals surface area contributed by atoms with Crippen molar-refractivity contribution in [3.8, 4) is 0 Å². The SMILES string of the molecule is O=C(O)[C@@H]1CCCN1C(=O)CCN1CCCC1. The number of carbonyl (C=O) groups excluding carboxylic acids is 1. The second kappa shape index (κ2) is 5.49. The lowest BCUT2D eigenvalue weighted by Crippen LogP contribution is -2.41. The minimum Gasteiger partial charge on any atom is -0.480 e. The first-order valence-corrected chi connectivity index (χ1v) is 6.43. The van der Waals surface area contributed by atoms with Gasteiger partial charge in [0, 0.05) is 19.5 Å². The summed E-state index contributed by atoms with van der Waals surface area (Å²) in [6.07, 6.45) is 4.31. The molecule has 2 saturated heterocycles. The number of carboxylic acid groups (broad SMARTS) is 1. The molecule has 2 heterocycles. The second-order valence-electron chi connectivity index (χ2n) is 4.88. The first kappa shape index (κ1) is 12.4. The van der Waals surface area contributed by atoms with Gasteiger partial charge in [0.15, 0.2) is 0 Å². The highest BCUT2D eigenvalue weighted by atomic mass is 16.4. The highest BCUT2D eigenvalue weighted by Crippen LogP contribution is 2.18. The molecule has 1 atom stereocenters. The minimum atomic E-state index is -0.864. The van der Waals surface area contributed by atoms with E-state index in [4.69, 9.17) is 5.11 Å². The fraction of sp³-hybridized carbons (Fsp3) is 0.833. The van der Waals surface area contributed by atoms with Crippen LogP contribution in [0, 0.1) is 0 Å². The van der Waals surface area contributed by atoms with Crippen LogP contribution in [0.1, 0.15) is 32.1 Å². The average Bonchev–Trinajstić information content (AvgIpc) is 2.96. The van der Waals surface area contributed by atoms with E-state index < -0.39 is 12.0 Å². The van der Waals surface area contributed by atoms with Crippen molar-refractivity contribution < 1.29 is 14.7 Å². The number of carboxylic acids is 1. The van der Waals surface area contributed by atoms with E-state index in [0.717, 1.165) is 26.1 Å². The van der Waals surface area contributed by atoms with Gasteiger partial charge in [-0.1, -0.05) is 0 Å². The maximum absolute atomic E-state index is 12.0. The van der Waals surface area contributed by atoms with Gasteiger partial charge in [-0.3, -0.25) is 4.79 Å². The van der Waals surface area contributed by atoms with Gasteiger partial charge in [-0.15, -0.1) is 0 Å². The molecule has 0 unspecified atom stereocenters. The Bertz CT molecular complexity index is 300. The Hall–Kier alpha value is -1.10. The molecule has 2 aliphatic rings. The number of hydrogen-bond donors (Lipinski definition) is 1. The molecular weight excluding hydrogens is 220 g/mol. The number of hydrogen-bond acceptors (Lipinski definition) is 3. The average molecular weight is 240 g/mol. The molecule has 0 radical (unpaired) electrons. The van der Waals surface area contributed by atoms with Gasteiger partial charge in [0.25, 0.3) is 0 Å². The third kappa shape index (κ3) is 2.97. The Balaban J connectivity index is 1.80. The number of aliphatic carboxylic acids is 1. The van der Waals surface area contributed by atoms with Gasteiger partial charge in [0.05, 0.1) is 0 Å². The normalized spacial score (nSPS) is 25.4. The summed E-state index contributed by atoms with van der Waals surface area (Å²) in [6, 6.07) is -0.582. The molecule has 0 saturated carbocycles. The number of nitrogens with zero attached hydrogens (tertiary/aromatic N) is 2. The molecule has 1 N–H and O–H groups in total. The van der Waals surface area contributed by atoms with E-state index in [9.17, 15) is 9.59 Å². The van der Waals surface area contributed by atoms with Crippen molar-refractivity contribution >= 4 is 11.9 Å². The van der Waals surface area contributed by atoms with E-state index in [-0.39, 0.29) is 5.91 Å². The van der Waals surface area contributed by atoms with Gasteiger partial charge in [-0.2, -0.15) is 0 Å².